The molecule has 238 valence electrons. The van der Waals surface area contributed by atoms with E-state index < -0.39 is 18.4 Å². The fraction of sp³-hybridized carbons (Fsp3) is 0.452. The first-order chi connectivity index (χ1) is 21.7. The van der Waals surface area contributed by atoms with Crippen molar-refractivity contribution in [3.63, 3.8) is 0 Å². The van der Waals surface area contributed by atoms with E-state index in [4.69, 9.17) is 9.47 Å². The number of hydrogen-bond donors (Lipinski definition) is 2. The van der Waals surface area contributed by atoms with Gasteiger partial charge in [-0.05, 0) is 44.3 Å². The number of ether oxygens (including phenoxy) is 2. The molecule has 0 aliphatic carbocycles. The third-order valence-corrected chi connectivity index (χ3v) is 8.19. The van der Waals surface area contributed by atoms with Gasteiger partial charge < -0.3 is 34.6 Å². The van der Waals surface area contributed by atoms with Crippen LogP contribution in [0.15, 0.2) is 42.7 Å². The van der Waals surface area contributed by atoms with Gasteiger partial charge in [0.2, 0.25) is 5.88 Å². The number of likely N-dealkylation sites (N-methyl/N-ethyl adjacent to an activating group) is 1. The van der Waals surface area contributed by atoms with Crippen molar-refractivity contribution in [3.05, 3.63) is 48.3 Å². The molecule has 1 aromatic carbocycles. The number of anilines is 3. The highest BCUT2D eigenvalue weighted by atomic mass is 19.3. The van der Waals surface area contributed by atoms with Crippen molar-refractivity contribution >= 4 is 23.2 Å². The third kappa shape index (κ3) is 7.38. The Morgan fingerprint density at radius 3 is 2.58 bits per heavy atom. The minimum Gasteiger partial charge on any atom is -0.489 e. The number of methoxy groups -OCH3 is 1. The van der Waals surface area contributed by atoms with Gasteiger partial charge in [-0.2, -0.15) is 10.2 Å². The number of hydrogen-bond acceptors (Lipinski definition) is 11. The lowest BCUT2D eigenvalue weighted by Gasteiger charge is -2.39. The molecule has 0 unspecified atom stereocenters. The molecule has 0 radical (unpaired) electrons. The first-order valence-electron chi connectivity index (χ1n) is 14.7. The summed E-state index contributed by atoms with van der Waals surface area (Å²) in [4.78, 5) is 31.2. The van der Waals surface area contributed by atoms with Gasteiger partial charge in [-0.25, -0.2) is 18.7 Å². The number of aromatic nitrogens is 3. The summed E-state index contributed by atoms with van der Waals surface area (Å²) < 4.78 is 37.1. The SMILES string of the molecule is COc1nc(Nc2cc(-c3ccc(OC4CCN(C(=O)[C@H](O)C(F)F)CC4)c(C#N)c3)ncn2)ccc1N1CCN(C)[C@H](C)C1. The number of nitriles is 1. The molecule has 5 rings (SSSR count). The summed E-state index contributed by atoms with van der Waals surface area (Å²) >= 11 is 0. The van der Waals surface area contributed by atoms with E-state index in [1.54, 1.807) is 31.4 Å². The second-order valence-electron chi connectivity index (χ2n) is 11.2. The smallest absolute Gasteiger partial charge is 0.273 e. The van der Waals surface area contributed by atoms with Gasteiger partial charge >= 0.3 is 0 Å². The van der Waals surface area contributed by atoms with Crippen molar-refractivity contribution in [3.8, 4) is 29.0 Å². The van der Waals surface area contributed by atoms with Crippen LogP contribution in [0.2, 0.25) is 0 Å². The number of piperidine rings is 1. The van der Waals surface area contributed by atoms with E-state index in [-0.39, 0.29) is 19.2 Å². The van der Waals surface area contributed by atoms with Crippen LogP contribution in [0.4, 0.5) is 26.1 Å². The minimum atomic E-state index is -3.13. The third-order valence-electron chi connectivity index (χ3n) is 8.19. The highest BCUT2D eigenvalue weighted by Gasteiger charge is 2.33. The molecular weight excluding hydrogens is 586 g/mol. The highest BCUT2D eigenvalue weighted by molar-refractivity contribution is 5.81. The Hall–Kier alpha value is -4.61. The maximum Gasteiger partial charge on any atom is 0.273 e. The molecule has 12 nitrogen and oxygen atoms in total. The molecule has 2 saturated heterocycles. The lowest BCUT2D eigenvalue weighted by Crippen LogP contribution is -2.50. The molecule has 2 N–H and O–H groups in total. The van der Waals surface area contributed by atoms with E-state index in [1.165, 1.54) is 11.2 Å². The molecule has 14 heteroatoms. The summed E-state index contributed by atoms with van der Waals surface area (Å²) in [5.41, 5.74) is 2.49. The topological polar surface area (TPSA) is 140 Å². The second-order valence-corrected chi connectivity index (χ2v) is 11.2. The van der Waals surface area contributed by atoms with E-state index in [0.717, 1.165) is 25.3 Å². The minimum absolute atomic E-state index is 0.169. The summed E-state index contributed by atoms with van der Waals surface area (Å²) in [7, 11) is 3.72. The Morgan fingerprint density at radius 1 is 1.11 bits per heavy atom. The van der Waals surface area contributed by atoms with E-state index in [0.29, 0.717) is 59.0 Å². The van der Waals surface area contributed by atoms with Crippen molar-refractivity contribution in [2.75, 3.05) is 57.1 Å². The average Bonchev–Trinajstić information content (AvgIpc) is 3.06. The Labute approximate surface area is 260 Å². The van der Waals surface area contributed by atoms with E-state index in [1.807, 2.05) is 12.1 Å². The average molecular weight is 623 g/mol. The van der Waals surface area contributed by atoms with Gasteiger partial charge in [-0.1, -0.05) is 0 Å². The number of benzene rings is 1. The number of aliphatic hydroxyl groups excluding tert-OH is 1. The van der Waals surface area contributed by atoms with Gasteiger partial charge in [0.25, 0.3) is 12.3 Å². The van der Waals surface area contributed by atoms with Crippen LogP contribution in [0.3, 0.4) is 0 Å². The molecule has 1 amide bonds. The Balaban J connectivity index is 1.24. The molecular formula is C31H36F2N8O4. The molecule has 0 spiro atoms. The van der Waals surface area contributed by atoms with Crippen LogP contribution in [0.1, 0.15) is 25.3 Å². The van der Waals surface area contributed by atoms with Crippen molar-refractivity contribution in [1.82, 2.24) is 24.8 Å². The monoisotopic (exact) mass is 622 g/mol. The Kier molecular flexibility index (Phi) is 9.90. The number of nitrogens with zero attached hydrogens (tertiary/aromatic N) is 7. The summed E-state index contributed by atoms with van der Waals surface area (Å²) in [5.74, 6) is 0.963. The lowest BCUT2D eigenvalue weighted by atomic mass is 10.1. The van der Waals surface area contributed by atoms with Crippen LogP contribution >= 0.6 is 0 Å². The summed E-state index contributed by atoms with van der Waals surface area (Å²) in [6.07, 6.45) is -3.60. The number of amides is 1. The standard InChI is InChI=1S/C31H36F2N8O4/c1-19-17-41(13-12-39(19)2)24-5-7-26(38-30(24)44-3)37-27-15-23(35-18-36-27)20-4-6-25(21(14-20)16-34)45-22-8-10-40(11-9-22)31(43)28(42)29(32)33/h4-7,14-15,18-19,22,28-29,42H,8-13,17H2,1-3H3,(H,35,36,37,38)/t19-,28-/m1/s1. The molecule has 0 saturated carbocycles. The largest absolute Gasteiger partial charge is 0.489 e. The van der Waals surface area contributed by atoms with E-state index in [9.17, 15) is 23.9 Å². The number of piperazine rings is 1. The summed E-state index contributed by atoms with van der Waals surface area (Å²) in [5, 5.41) is 22.4. The van der Waals surface area contributed by atoms with Crippen LogP contribution < -0.4 is 19.7 Å². The Bertz CT molecular complexity index is 1550. The van der Waals surface area contributed by atoms with Crippen LogP contribution in [0.25, 0.3) is 11.3 Å². The number of carbonyl (C=O) groups excluding carboxylic acids is 1. The fourth-order valence-electron chi connectivity index (χ4n) is 5.42. The number of aliphatic hydroxyl groups is 1. The predicted molar refractivity (Wildman–Crippen MR) is 163 cm³/mol. The second kappa shape index (κ2) is 14.0. The molecule has 4 heterocycles. The van der Waals surface area contributed by atoms with Crippen molar-refractivity contribution in [1.29, 1.82) is 5.26 Å². The molecule has 2 aliphatic rings. The molecule has 3 aromatic rings. The highest BCUT2D eigenvalue weighted by Crippen LogP contribution is 2.32. The van der Waals surface area contributed by atoms with Gasteiger partial charge in [-0.3, -0.25) is 4.79 Å². The predicted octanol–water partition coefficient (Wildman–Crippen LogP) is 3.30. The molecule has 2 atom stereocenters. The summed E-state index contributed by atoms with van der Waals surface area (Å²) in [6, 6.07) is 13.3. The molecule has 2 fully saturated rings. The van der Waals surface area contributed by atoms with Gasteiger partial charge in [0.05, 0.1) is 18.4 Å². The Morgan fingerprint density at radius 2 is 1.89 bits per heavy atom. The number of alkyl halides is 2. The maximum absolute atomic E-state index is 12.7. The number of nitrogens with one attached hydrogen (secondary N) is 1. The van der Waals surface area contributed by atoms with E-state index >= 15 is 0 Å². The van der Waals surface area contributed by atoms with Crippen LogP contribution in [0, 0.1) is 11.3 Å². The van der Waals surface area contributed by atoms with Crippen LogP contribution in [0.5, 0.6) is 11.6 Å². The molecule has 2 aromatic heterocycles. The van der Waals surface area contributed by atoms with Crippen LogP contribution in [-0.4, -0.2) is 107 Å². The lowest BCUT2D eigenvalue weighted by molar-refractivity contribution is -0.150. The zero-order valence-electron chi connectivity index (χ0n) is 25.4. The quantitative estimate of drug-likeness (QED) is 0.363. The molecule has 45 heavy (non-hydrogen) atoms. The number of pyridine rings is 1. The van der Waals surface area contributed by atoms with Crippen molar-refractivity contribution in [2.24, 2.45) is 0 Å². The fourth-order valence-corrected chi connectivity index (χ4v) is 5.42. The zero-order chi connectivity index (χ0) is 32.1. The number of halogens is 2. The van der Waals surface area contributed by atoms with Crippen molar-refractivity contribution in [2.45, 2.75) is 44.4 Å². The van der Waals surface area contributed by atoms with Crippen molar-refractivity contribution < 1.29 is 28.2 Å². The first-order valence-corrected chi connectivity index (χ1v) is 14.7. The van der Waals surface area contributed by atoms with Gasteiger partial charge in [-0.15, -0.1) is 0 Å². The first kappa shape index (κ1) is 31.8. The number of likely N-dealkylation sites (tertiary alicyclic amines) is 1. The number of carbonyl (C=O) groups is 1. The van der Waals surface area contributed by atoms with Gasteiger partial charge in [0.15, 0.2) is 6.10 Å². The number of rotatable bonds is 9. The van der Waals surface area contributed by atoms with Gasteiger partial charge in [0, 0.05) is 63.2 Å². The zero-order valence-corrected chi connectivity index (χ0v) is 25.4. The van der Waals surface area contributed by atoms with E-state index in [2.05, 4.69) is 50.1 Å². The molecule has 2 aliphatic heterocycles. The maximum atomic E-state index is 12.7. The molecule has 0 bridgehead atoms. The van der Waals surface area contributed by atoms with Crippen LogP contribution in [-0.2, 0) is 4.79 Å². The normalized spacial score (nSPS) is 18.4. The van der Waals surface area contributed by atoms with Gasteiger partial charge in [0.1, 0.15) is 41.6 Å². The summed E-state index contributed by atoms with van der Waals surface area (Å²) in [6.45, 7) is 5.24.